The Balaban J connectivity index is 1.23. The van der Waals surface area contributed by atoms with Crippen LogP contribution in [-0.4, -0.2) is 40.9 Å². The fourth-order valence-corrected chi connectivity index (χ4v) is 3.77. The first-order chi connectivity index (χ1) is 16.2. The quantitative estimate of drug-likeness (QED) is 0.651. The maximum Gasteiger partial charge on any atom is 0.257 e. The molecule has 3 aromatic rings. The average Bonchev–Trinajstić information content (AvgIpc) is 3.34. The molecular weight excluding hydrogens is 420 g/mol. The van der Waals surface area contributed by atoms with Crippen molar-refractivity contribution in [3.05, 3.63) is 83.7 Å². The number of amides is 2. The first-order valence-electron chi connectivity index (χ1n) is 10.7. The van der Waals surface area contributed by atoms with E-state index < -0.39 is 0 Å². The number of pyridine rings is 1. The summed E-state index contributed by atoms with van der Waals surface area (Å²) in [6, 6.07) is 16.4. The largest absolute Gasteiger partial charge is 0.454 e. The molecule has 1 aromatic heterocycles. The normalized spacial score (nSPS) is 14.5. The fourth-order valence-electron chi connectivity index (χ4n) is 3.77. The van der Waals surface area contributed by atoms with Crippen LogP contribution in [0.4, 0.5) is 5.69 Å². The molecular formula is C25H22N4O4. The highest BCUT2D eigenvalue weighted by molar-refractivity contribution is 6.04. The zero-order valence-corrected chi connectivity index (χ0v) is 17.9. The maximum atomic E-state index is 12.9. The van der Waals surface area contributed by atoms with Crippen LogP contribution in [0.5, 0.6) is 11.5 Å². The molecule has 0 radical (unpaired) electrons. The van der Waals surface area contributed by atoms with E-state index in [9.17, 15) is 9.59 Å². The molecule has 166 valence electrons. The van der Waals surface area contributed by atoms with Crippen LogP contribution in [-0.2, 0) is 11.2 Å². The van der Waals surface area contributed by atoms with E-state index in [1.54, 1.807) is 35.5 Å². The number of anilines is 1. The van der Waals surface area contributed by atoms with Crippen LogP contribution in [0, 0.1) is 0 Å². The summed E-state index contributed by atoms with van der Waals surface area (Å²) in [6.45, 7) is 0.813. The van der Waals surface area contributed by atoms with Crippen LogP contribution in [0.2, 0.25) is 0 Å². The molecule has 2 aromatic carbocycles. The predicted molar refractivity (Wildman–Crippen MR) is 122 cm³/mol. The van der Waals surface area contributed by atoms with Crippen molar-refractivity contribution in [2.45, 2.75) is 19.3 Å². The van der Waals surface area contributed by atoms with Gasteiger partial charge in [-0.05, 0) is 60.9 Å². The number of fused-ring (bicyclic) bond motifs is 1. The van der Waals surface area contributed by atoms with Gasteiger partial charge < -0.3 is 14.8 Å². The summed E-state index contributed by atoms with van der Waals surface area (Å²) in [4.78, 5) is 29.1. The first kappa shape index (κ1) is 20.7. The van der Waals surface area contributed by atoms with Crippen molar-refractivity contribution in [3.8, 4) is 11.5 Å². The Labute approximate surface area is 190 Å². The van der Waals surface area contributed by atoms with Gasteiger partial charge in [0.25, 0.3) is 5.91 Å². The molecule has 8 heteroatoms. The van der Waals surface area contributed by atoms with E-state index >= 15 is 0 Å². The molecule has 5 rings (SSSR count). The molecule has 0 bridgehead atoms. The average molecular weight is 442 g/mol. The molecule has 0 aliphatic carbocycles. The summed E-state index contributed by atoms with van der Waals surface area (Å²) in [5.74, 6) is 1.13. The van der Waals surface area contributed by atoms with Gasteiger partial charge in [-0.3, -0.25) is 14.6 Å². The third-order valence-electron chi connectivity index (χ3n) is 5.51. The van der Waals surface area contributed by atoms with Crippen LogP contribution in [0.1, 0.15) is 34.3 Å². The molecule has 2 amide bonds. The summed E-state index contributed by atoms with van der Waals surface area (Å²) in [7, 11) is 0. The molecule has 0 saturated carbocycles. The van der Waals surface area contributed by atoms with Crippen LogP contribution >= 0.6 is 0 Å². The van der Waals surface area contributed by atoms with Crippen molar-refractivity contribution < 1.29 is 19.1 Å². The molecule has 0 saturated heterocycles. The molecule has 33 heavy (non-hydrogen) atoms. The number of hydrogen-bond donors (Lipinski definition) is 1. The Morgan fingerprint density at radius 2 is 1.88 bits per heavy atom. The van der Waals surface area contributed by atoms with E-state index in [-0.39, 0.29) is 25.0 Å². The summed E-state index contributed by atoms with van der Waals surface area (Å²) in [5.41, 5.74) is 3.79. The third-order valence-corrected chi connectivity index (χ3v) is 5.51. The second-order valence-electron chi connectivity index (χ2n) is 7.80. The highest BCUT2D eigenvalue weighted by Crippen LogP contribution is 2.33. The molecule has 0 unspecified atom stereocenters. The van der Waals surface area contributed by atoms with Crippen LogP contribution in [0.3, 0.4) is 0 Å². The van der Waals surface area contributed by atoms with Gasteiger partial charge in [0, 0.05) is 30.2 Å². The van der Waals surface area contributed by atoms with Crippen LogP contribution < -0.4 is 14.8 Å². The Bertz CT molecular complexity index is 1210. The Hall–Kier alpha value is -4.20. The number of hydrazone groups is 1. The van der Waals surface area contributed by atoms with Crippen molar-refractivity contribution in [1.29, 1.82) is 0 Å². The van der Waals surface area contributed by atoms with E-state index in [1.807, 2.05) is 30.3 Å². The van der Waals surface area contributed by atoms with Gasteiger partial charge in [0.1, 0.15) is 0 Å². The zero-order valence-electron chi connectivity index (χ0n) is 17.9. The molecule has 0 spiro atoms. The highest BCUT2D eigenvalue weighted by atomic mass is 16.7. The molecule has 0 fully saturated rings. The number of nitrogens with zero attached hydrogens (tertiary/aromatic N) is 3. The van der Waals surface area contributed by atoms with E-state index in [1.165, 1.54) is 6.20 Å². The van der Waals surface area contributed by atoms with Gasteiger partial charge in [0.15, 0.2) is 11.5 Å². The van der Waals surface area contributed by atoms with Gasteiger partial charge in [-0.15, -0.1) is 0 Å². The summed E-state index contributed by atoms with van der Waals surface area (Å²) >= 11 is 0. The van der Waals surface area contributed by atoms with Gasteiger partial charge in [0.05, 0.1) is 17.7 Å². The predicted octanol–water partition coefficient (Wildman–Crippen LogP) is 3.63. The number of carbonyl (C=O) groups excluding carboxylic acids is 2. The van der Waals surface area contributed by atoms with E-state index in [0.29, 0.717) is 23.5 Å². The minimum Gasteiger partial charge on any atom is -0.454 e. The lowest BCUT2D eigenvalue weighted by atomic mass is 10.0. The topological polar surface area (TPSA) is 93.1 Å². The first-order valence-corrected chi connectivity index (χ1v) is 10.7. The van der Waals surface area contributed by atoms with Gasteiger partial charge in [-0.1, -0.05) is 12.1 Å². The van der Waals surface area contributed by atoms with E-state index in [0.717, 1.165) is 35.4 Å². The standard InChI is InChI=1S/C25H22N4O4/c30-24(13-17-5-8-20(9-6-17)27-25(31)19-3-1-11-26-15-19)29-12-2-4-21(28-29)18-7-10-22-23(14-18)33-16-32-22/h1,3,5-11,14-15H,2,4,12-13,16H2,(H,27,31). The third kappa shape index (κ3) is 4.69. The molecule has 3 heterocycles. The van der Waals surface area contributed by atoms with Crippen molar-refractivity contribution in [2.24, 2.45) is 5.10 Å². The molecule has 8 nitrogen and oxygen atoms in total. The van der Waals surface area contributed by atoms with Crippen LogP contribution in [0.15, 0.2) is 72.1 Å². The van der Waals surface area contributed by atoms with Gasteiger partial charge in [0.2, 0.25) is 12.7 Å². The number of benzene rings is 2. The zero-order chi connectivity index (χ0) is 22.6. The van der Waals surface area contributed by atoms with Gasteiger partial charge in [-0.25, -0.2) is 5.01 Å². The molecule has 1 N–H and O–H groups in total. The lowest BCUT2D eigenvalue weighted by Crippen LogP contribution is -2.33. The monoisotopic (exact) mass is 442 g/mol. The van der Waals surface area contributed by atoms with Gasteiger partial charge in [-0.2, -0.15) is 5.10 Å². The highest BCUT2D eigenvalue weighted by Gasteiger charge is 2.21. The molecule has 2 aliphatic rings. The summed E-state index contributed by atoms with van der Waals surface area (Å²) < 4.78 is 10.8. The number of hydrogen-bond acceptors (Lipinski definition) is 6. The number of aromatic nitrogens is 1. The molecule has 0 atom stereocenters. The number of ether oxygens (including phenoxy) is 2. The minimum absolute atomic E-state index is 0.0694. The smallest absolute Gasteiger partial charge is 0.257 e. The van der Waals surface area contributed by atoms with Crippen molar-refractivity contribution in [1.82, 2.24) is 9.99 Å². The summed E-state index contributed by atoms with van der Waals surface area (Å²) in [5, 5.41) is 8.98. The van der Waals surface area contributed by atoms with E-state index in [2.05, 4.69) is 15.4 Å². The maximum absolute atomic E-state index is 12.9. The van der Waals surface area contributed by atoms with Crippen LogP contribution in [0.25, 0.3) is 0 Å². The van der Waals surface area contributed by atoms with Crippen molar-refractivity contribution in [2.75, 3.05) is 18.7 Å². The van der Waals surface area contributed by atoms with Gasteiger partial charge >= 0.3 is 0 Å². The Morgan fingerprint density at radius 3 is 2.70 bits per heavy atom. The lowest BCUT2D eigenvalue weighted by Gasteiger charge is -2.24. The fraction of sp³-hybridized carbons (Fsp3) is 0.200. The van der Waals surface area contributed by atoms with E-state index in [4.69, 9.17) is 9.47 Å². The molecule has 2 aliphatic heterocycles. The lowest BCUT2D eigenvalue weighted by molar-refractivity contribution is -0.130. The van der Waals surface area contributed by atoms with Crippen molar-refractivity contribution in [3.63, 3.8) is 0 Å². The minimum atomic E-state index is -0.231. The number of rotatable bonds is 5. The second kappa shape index (κ2) is 9.12. The summed E-state index contributed by atoms with van der Waals surface area (Å²) in [6.07, 6.45) is 5.01. The Morgan fingerprint density at radius 1 is 1.03 bits per heavy atom. The number of carbonyl (C=O) groups is 2. The SMILES string of the molecule is O=C(Nc1ccc(CC(=O)N2CCCC(c3ccc4c(c3)OCO4)=N2)cc1)c1cccnc1. The Kier molecular flexibility index (Phi) is 5.72. The second-order valence-corrected chi connectivity index (χ2v) is 7.80. The number of nitrogens with one attached hydrogen (secondary N) is 1. The van der Waals surface area contributed by atoms with Crippen molar-refractivity contribution >= 4 is 23.2 Å².